The maximum absolute atomic E-state index is 12.0. The number of nitrogen functional groups attached to an aromatic ring is 1. The lowest BCUT2D eigenvalue weighted by Gasteiger charge is -2.06. The van der Waals surface area contributed by atoms with Crippen LogP contribution in [-0.2, 0) is 4.74 Å². The van der Waals surface area contributed by atoms with E-state index in [4.69, 9.17) is 10.5 Å². The van der Waals surface area contributed by atoms with Gasteiger partial charge in [0.1, 0.15) is 4.88 Å². The minimum absolute atomic E-state index is 0.0677. The van der Waals surface area contributed by atoms with Crippen molar-refractivity contribution < 1.29 is 9.53 Å². The molecule has 1 aliphatic carbocycles. The Kier molecular flexibility index (Phi) is 5.25. The van der Waals surface area contributed by atoms with Crippen molar-refractivity contribution in [2.45, 2.75) is 32.1 Å². The molecule has 0 bridgehead atoms. The van der Waals surface area contributed by atoms with E-state index in [1.54, 1.807) is 7.11 Å². The molecular formula is C14H23N3O2S. The van der Waals surface area contributed by atoms with Crippen molar-refractivity contribution in [2.24, 2.45) is 0 Å². The molecule has 6 heteroatoms. The van der Waals surface area contributed by atoms with E-state index < -0.39 is 0 Å². The zero-order valence-corrected chi connectivity index (χ0v) is 12.9. The maximum atomic E-state index is 12.0. The number of hydrogen-bond donors (Lipinski definition) is 3. The SMILES string of the molecule is CCNC(=O)c1sc(NCCCOC)c(C2CC2)c1N. The number of rotatable bonds is 8. The second kappa shape index (κ2) is 6.95. The van der Waals surface area contributed by atoms with Crippen LogP contribution in [0.15, 0.2) is 0 Å². The molecule has 0 saturated heterocycles. The number of nitrogens with one attached hydrogen (secondary N) is 2. The lowest BCUT2D eigenvalue weighted by molar-refractivity contribution is 0.0960. The number of anilines is 2. The molecule has 0 spiro atoms. The fourth-order valence-corrected chi connectivity index (χ4v) is 3.34. The average Bonchev–Trinajstić information content (AvgIpc) is 3.20. The molecule has 1 heterocycles. The Labute approximate surface area is 123 Å². The zero-order chi connectivity index (χ0) is 14.5. The predicted molar refractivity (Wildman–Crippen MR) is 83.7 cm³/mol. The maximum Gasteiger partial charge on any atom is 0.263 e. The van der Waals surface area contributed by atoms with E-state index in [1.165, 1.54) is 24.2 Å². The molecule has 5 nitrogen and oxygen atoms in total. The van der Waals surface area contributed by atoms with Gasteiger partial charge in [-0.25, -0.2) is 0 Å². The van der Waals surface area contributed by atoms with Gasteiger partial charge in [-0.1, -0.05) is 0 Å². The highest BCUT2D eigenvalue weighted by molar-refractivity contribution is 7.18. The minimum Gasteiger partial charge on any atom is -0.397 e. The van der Waals surface area contributed by atoms with Gasteiger partial charge in [0.25, 0.3) is 5.91 Å². The highest BCUT2D eigenvalue weighted by Crippen LogP contribution is 2.50. The lowest BCUT2D eigenvalue weighted by Crippen LogP contribution is -2.22. The Morgan fingerprint density at radius 2 is 2.25 bits per heavy atom. The van der Waals surface area contributed by atoms with Crippen molar-refractivity contribution in [3.05, 3.63) is 10.4 Å². The molecule has 20 heavy (non-hydrogen) atoms. The molecule has 1 fully saturated rings. The Balaban J connectivity index is 2.12. The molecule has 1 aromatic heterocycles. The largest absolute Gasteiger partial charge is 0.397 e. The van der Waals surface area contributed by atoms with Crippen molar-refractivity contribution in [1.29, 1.82) is 0 Å². The van der Waals surface area contributed by atoms with Crippen LogP contribution in [0.25, 0.3) is 0 Å². The van der Waals surface area contributed by atoms with E-state index in [0.29, 0.717) is 23.0 Å². The van der Waals surface area contributed by atoms with Crippen molar-refractivity contribution in [3.63, 3.8) is 0 Å². The van der Waals surface area contributed by atoms with E-state index in [2.05, 4.69) is 10.6 Å². The summed E-state index contributed by atoms with van der Waals surface area (Å²) in [5.74, 6) is 0.459. The van der Waals surface area contributed by atoms with Gasteiger partial charge in [-0.3, -0.25) is 4.79 Å². The summed E-state index contributed by atoms with van der Waals surface area (Å²) < 4.78 is 5.04. The highest BCUT2D eigenvalue weighted by atomic mass is 32.1. The molecule has 0 aliphatic heterocycles. The van der Waals surface area contributed by atoms with Gasteiger partial charge in [0.15, 0.2) is 0 Å². The van der Waals surface area contributed by atoms with E-state index >= 15 is 0 Å². The smallest absolute Gasteiger partial charge is 0.263 e. The summed E-state index contributed by atoms with van der Waals surface area (Å²) in [5.41, 5.74) is 8.00. The van der Waals surface area contributed by atoms with E-state index in [1.807, 2.05) is 6.92 Å². The van der Waals surface area contributed by atoms with Gasteiger partial charge in [-0.2, -0.15) is 0 Å². The molecule has 2 rings (SSSR count). The molecule has 4 N–H and O–H groups in total. The van der Waals surface area contributed by atoms with Crippen molar-refractivity contribution >= 4 is 27.9 Å². The lowest BCUT2D eigenvalue weighted by atomic mass is 10.1. The third-order valence-corrected chi connectivity index (χ3v) is 4.50. The summed E-state index contributed by atoms with van der Waals surface area (Å²) in [4.78, 5) is 12.7. The number of ether oxygens (including phenoxy) is 1. The molecule has 1 saturated carbocycles. The molecule has 0 radical (unpaired) electrons. The third kappa shape index (κ3) is 3.43. The van der Waals surface area contributed by atoms with E-state index in [0.717, 1.165) is 30.1 Å². The van der Waals surface area contributed by atoms with Gasteiger partial charge >= 0.3 is 0 Å². The van der Waals surface area contributed by atoms with E-state index in [-0.39, 0.29) is 5.91 Å². The number of thiophene rings is 1. The number of carbonyl (C=O) groups is 1. The van der Waals surface area contributed by atoms with Gasteiger partial charge in [-0.05, 0) is 32.1 Å². The standard InChI is InChI=1S/C14H23N3O2S/c1-3-16-13(18)12-11(15)10(9-5-6-9)14(20-12)17-7-4-8-19-2/h9,17H,3-8,15H2,1-2H3,(H,16,18). The minimum atomic E-state index is -0.0677. The van der Waals surface area contributed by atoms with Crippen LogP contribution < -0.4 is 16.4 Å². The Hall–Kier alpha value is -1.27. The molecular weight excluding hydrogens is 274 g/mol. The van der Waals surface area contributed by atoms with Gasteiger partial charge in [0.05, 0.1) is 10.7 Å². The first-order valence-electron chi connectivity index (χ1n) is 7.12. The normalized spacial score (nSPS) is 14.3. The second-order valence-electron chi connectivity index (χ2n) is 4.99. The second-order valence-corrected chi connectivity index (χ2v) is 6.02. The van der Waals surface area contributed by atoms with Crippen LogP contribution in [0.2, 0.25) is 0 Å². The Bertz CT molecular complexity index is 469. The molecule has 0 aromatic carbocycles. The number of hydrogen-bond acceptors (Lipinski definition) is 5. The summed E-state index contributed by atoms with van der Waals surface area (Å²) in [7, 11) is 1.70. The van der Waals surface area contributed by atoms with Gasteiger partial charge in [0, 0.05) is 32.4 Å². The molecule has 1 amide bonds. The van der Waals surface area contributed by atoms with Crippen LogP contribution in [0.1, 0.15) is 47.3 Å². The fourth-order valence-electron chi connectivity index (χ4n) is 2.19. The Morgan fingerprint density at radius 1 is 1.50 bits per heavy atom. The van der Waals surface area contributed by atoms with Crippen molar-refractivity contribution in [2.75, 3.05) is 37.9 Å². The summed E-state index contributed by atoms with van der Waals surface area (Å²) in [6.45, 7) is 4.09. The number of amides is 1. The van der Waals surface area contributed by atoms with E-state index in [9.17, 15) is 4.79 Å². The highest BCUT2D eigenvalue weighted by Gasteiger charge is 2.32. The van der Waals surface area contributed by atoms with Crippen molar-refractivity contribution in [3.8, 4) is 0 Å². The molecule has 1 aliphatic rings. The third-order valence-electron chi connectivity index (χ3n) is 3.32. The number of methoxy groups -OCH3 is 1. The Morgan fingerprint density at radius 3 is 2.85 bits per heavy atom. The van der Waals surface area contributed by atoms with Crippen LogP contribution in [-0.4, -0.2) is 32.7 Å². The first-order valence-corrected chi connectivity index (χ1v) is 7.93. The monoisotopic (exact) mass is 297 g/mol. The van der Waals surface area contributed by atoms with Gasteiger partial charge < -0.3 is 21.1 Å². The van der Waals surface area contributed by atoms with Crippen LogP contribution >= 0.6 is 11.3 Å². The summed E-state index contributed by atoms with van der Waals surface area (Å²) in [6, 6.07) is 0. The topological polar surface area (TPSA) is 76.4 Å². The average molecular weight is 297 g/mol. The first-order chi connectivity index (χ1) is 9.69. The quantitative estimate of drug-likeness (QED) is 0.644. The van der Waals surface area contributed by atoms with Crippen LogP contribution in [0.4, 0.5) is 10.7 Å². The molecule has 112 valence electrons. The first kappa shape index (κ1) is 15.1. The van der Waals surface area contributed by atoms with Gasteiger partial charge in [0.2, 0.25) is 0 Å². The van der Waals surface area contributed by atoms with Crippen LogP contribution in [0, 0.1) is 0 Å². The number of nitrogens with two attached hydrogens (primary N) is 1. The van der Waals surface area contributed by atoms with Crippen LogP contribution in [0.3, 0.4) is 0 Å². The fraction of sp³-hybridized carbons (Fsp3) is 0.643. The summed E-state index contributed by atoms with van der Waals surface area (Å²) in [6.07, 6.45) is 3.28. The summed E-state index contributed by atoms with van der Waals surface area (Å²) >= 11 is 1.47. The summed E-state index contributed by atoms with van der Waals surface area (Å²) in [5, 5.41) is 7.29. The predicted octanol–water partition coefficient (Wildman–Crippen LogP) is 2.41. The van der Waals surface area contributed by atoms with Crippen LogP contribution in [0.5, 0.6) is 0 Å². The zero-order valence-electron chi connectivity index (χ0n) is 12.1. The van der Waals surface area contributed by atoms with Crippen molar-refractivity contribution in [1.82, 2.24) is 5.32 Å². The van der Waals surface area contributed by atoms with Gasteiger partial charge in [-0.15, -0.1) is 11.3 Å². The molecule has 1 aromatic rings. The number of carbonyl (C=O) groups excluding carboxylic acids is 1. The molecule has 0 unspecified atom stereocenters. The molecule has 0 atom stereocenters.